The van der Waals surface area contributed by atoms with E-state index < -0.39 is 0 Å². The van der Waals surface area contributed by atoms with Crippen molar-refractivity contribution in [3.63, 3.8) is 0 Å². The van der Waals surface area contributed by atoms with Crippen LogP contribution in [0.3, 0.4) is 0 Å². The SMILES string of the molecule is CCCSc1nn(CN2CCC[C@H]2c2cc(OC)ccc2OC)c(=S)s1. The third-order valence-electron chi connectivity index (χ3n) is 4.49. The Balaban J connectivity index is 1.81. The Hall–Kier alpha value is -1.09. The van der Waals surface area contributed by atoms with E-state index in [9.17, 15) is 0 Å². The van der Waals surface area contributed by atoms with Crippen LogP contribution in [0, 0.1) is 3.95 Å². The lowest BCUT2D eigenvalue weighted by Crippen LogP contribution is -2.27. The molecule has 26 heavy (non-hydrogen) atoms. The van der Waals surface area contributed by atoms with Gasteiger partial charge in [0.15, 0.2) is 8.29 Å². The second kappa shape index (κ2) is 9.21. The number of rotatable bonds is 8. The Labute approximate surface area is 168 Å². The van der Waals surface area contributed by atoms with Crippen molar-refractivity contribution < 1.29 is 9.47 Å². The first kappa shape index (κ1) is 19.7. The van der Waals surface area contributed by atoms with Crippen LogP contribution in [0.15, 0.2) is 22.5 Å². The van der Waals surface area contributed by atoms with Crippen molar-refractivity contribution in [1.29, 1.82) is 0 Å². The number of hydrogen-bond donors (Lipinski definition) is 0. The van der Waals surface area contributed by atoms with Crippen LogP contribution in [-0.4, -0.2) is 41.2 Å². The van der Waals surface area contributed by atoms with Gasteiger partial charge in [0.2, 0.25) is 0 Å². The molecule has 1 fully saturated rings. The molecule has 0 bridgehead atoms. The van der Waals surface area contributed by atoms with E-state index in [1.807, 2.05) is 16.8 Å². The zero-order chi connectivity index (χ0) is 18.5. The Morgan fingerprint density at radius 2 is 2.19 bits per heavy atom. The molecule has 2 aromatic rings. The molecule has 142 valence electrons. The standard InChI is InChI=1S/C18H25N3O2S3/c1-4-10-25-17-19-21(18(24)26-17)12-20-9-5-6-15(20)14-11-13(22-2)7-8-16(14)23-3/h7-8,11,15H,4-6,9-10,12H2,1-3H3/t15-/m0/s1. The highest BCUT2D eigenvalue weighted by Gasteiger charge is 2.29. The van der Waals surface area contributed by atoms with Gasteiger partial charge in [0, 0.05) is 23.9 Å². The van der Waals surface area contributed by atoms with Crippen molar-refractivity contribution in [2.24, 2.45) is 0 Å². The monoisotopic (exact) mass is 411 g/mol. The lowest BCUT2D eigenvalue weighted by atomic mass is 10.0. The first-order valence-electron chi connectivity index (χ1n) is 8.83. The summed E-state index contributed by atoms with van der Waals surface area (Å²) in [6.45, 7) is 3.93. The molecule has 1 aromatic carbocycles. The molecule has 0 unspecified atom stereocenters. The number of likely N-dealkylation sites (tertiary alicyclic amines) is 1. The first-order valence-corrected chi connectivity index (χ1v) is 11.0. The second-order valence-corrected chi connectivity index (χ2v) is 9.17. The molecule has 0 N–H and O–H groups in total. The number of hydrogen-bond acceptors (Lipinski definition) is 7. The Morgan fingerprint density at radius 1 is 1.35 bits per heavy atom. The van der Waals surface area contributed by atoms with E-state index in [2.05, 4.69) is 17.9 Å². The van der Waals surface area contributed by atoms with E-state index in [0.29, 0.717) is 6.67 Å². The third-order valence-corrected chi connectivity index (χ3v) is 7.14. The maximum Gasteiger partial charge on any atom is 0.181 e. The average Bonchev–Trinajstić information content (AvgIpc) is 3.26. The number of nitrogens with zero attached hydrogens (tertiary/aromatic N) is 3. The summed E-state index contributed by atoms with van der Waals surface area (Å²) in [5.41, 5.74) is 1.17. The fourth-order valence-corrected chi connectivity index (χ4v) is 5.49. The van der Waals surface area contributed by atoms with Gasteiger partial charge in [0.05, 0.1) is 20.9 Å². The van der Waals surface area contributed by atoms with Crippen LogP contribution in [0.4, 0.5) is 0 Å². The number of aromatic nitrogens is 2. The van der Waals surface area contributed by atoms with E-state index >= 15 is 0 Å². The summed E-state index contributed by atoms with van der Waals surface area (Å²) in [6, 6.07) is 6.30. The van der Waals surface area contributed by atoms with Crippen LogP contribution < -0.4 is 9.47 Å². The maximum absolute atomic E-state index is 5.60. The van der Waals surface area contributed by atoms with E-state index in [1.165, 1.54) is 5.56 Å². The summed E-state index contributed by atoms with van der Waals surface area (Å²) in [5, 5.41) is 4.71. The minimum atomic E-state index is 0.287. The molecule has 1 aliphatic heterocycles. The van der Waals surface area contributed by atoms with E-state index in [1.54, 1.807) is 37.3 Å². The quantitative estimate of drug-likeness (QED) is 0.450. The van der Waals surface area contributed by atoms with Crippen LogP contribution in [-0.2, 0) is 6.67 Å². The highest BCUT2D eigenvalue weighted by Crippen LogP contribution is 2.39. The van der Waals surface area contributed by atoms with Gasteiger partial charge in [-0.05, 0) is 49.7 Å². The van der Waals surface area contributed by atoms with Gasteiger partial charge in [-0.3, -0.25) is 4.90 Å². The molecule has 1 atom stereocenters. The lowest BCUT2D eigenvalue weighted by molar-refractivity contribution is 0.186. The summed E-state index contributed by atoms with van der Waals surface area (Å²) in [7, 11) is 3.42. The number of benzene rings is 1. The molecule has 3 rings (SSSR count). The molecule has 5 nitrogen and oxygen atoms in total. The molecule has 2 heterocycles. The van der Waals surface area contributed by atoms with Crippen LogP contribution in [0.25, 0.3) is 0 Å². The van der Waals surface area contributed by atoms with Crippen molar-refractivity contribution >= 4 is 35.3 Å². The molecule has 8 heteroatoms. The van der Waals surface area contributed by atoms with Gasteiger partial charge in [0.25, 0.3) is 0 Å². The van der Waals surface area contributed by atoms with Crippen LogP contribution in [0.1, 0.15) is 37.8 Å². The molecule has 0 aliphatic carbocycles. The van der Waals surface area contributed by atoms with Crippen LogP contribution in [0.5, 0.6) is 11.5 Å². The van der Waals surface area contributed by atoms with E-state index in [-0.39, 0.29) is 6.04 Å². The van der Waals surface area contributed by atoms with Gasteiger partial charge in [-0.25, -0.2) is 4.68 Å². The highest BCUT2D eigenvalue weighted by molar-refractivity contribution is 8.01. The first-order chi connectivity index (χ1) is 12.7. The zero-order valence-electron chi connectivity index (χ0n) is 15.4. The summed E-state index contributed by atoms with van der Waals surface area (Å²) in [4.78, 5) is 2.43. The molecule has 1 aromatic heterocycles. The zero-order valence-corrected chi connectivity index (χ0v) is 17.9. The van der Waals surface area contributed by atoms with Crippen molar-refractivity contribution in [3.8, 4) is 11.5 Å². The molecule has 0 amide bonds. The van der Waals surface area contributed by atoms with E-state index in [4.69, 9.17) is 26.8 Å². The van der Waals surface area contributed by atoms with Crippen molar-refractivity contribution in [1.82, 2.24) is 14.7 Å². The minimum absolute atomic E-state index is 0.287. The van der Waals surface area contributed by atoms with Crippen LogP contribution in [0.2, 0.25) is 0 Å². The van der Waals surface area contributed by atoms with Crippen LogP contribution >= 0.6 is 35.3 Å². The third kappa shape index (κ3) is 4.42. The normalized spacial score (nSPS) is 17.6. The van der Waals surface area contributed by atoms with Crippen molar-refractivity contribution in [3.05, 3.63) is 27.7 Å². The van der Waals surface area contributed by atoms with Gasteiger partial charge >= 0.3 is 0 Å². The number of ether oxygens (including phenoxy) is 2. The number of methoxy groups -OCH3 is 2. The fraction of sp³-hybridized carbons (Fsp3) is 0.556. The van der Waals surface area contributed by atoms with Gasteiger partial charge in [0.1, 0.15) is 11.5 Å². The predicted octanol–water partition coefficient (Wildman–Crippen LogP) is 4.99. The van der Waals surface area contributed by atoms with Gasteiger partial charge < -0.3 is 9.47 Å². The average molecular weight is 412 g/mol. The molecule has 1 saturated heterocycles. The molecular weight excluding hydrogens is 386 g/mol. The summed E-state index contributed by atoms with van der Waals surface area (Å²) in [6.07, 6.45) is 3.39. The Kier molecular flexibility index (Phi) is 6.97. The molecular formula is C18H25N3O2S3. The van der Waals surface area contributed by atoms with Gasteiger partial charge in [-0.1, -0.05) is 30.0 Å². The molecule has 1 aliphatic rings. The molecule has 0 spiro atoms. The smallest absolute Gasteiger partial charge is 0.181 e. The predicted molar refractivity (Wildman–Crippen MR) is 110 cm³/mol. The highest BCUT2D eigenvalue weighted by atomic mass is 32.2. The summed E-state index contributed by atoms with van der Waals surface area (Å²) >= 11 is 8.93. The Bertz CT molecular complexity index is 790. The minimum Gasteiger partial charge on any atom is -0.497 e. The summed E-state index contributed by atoms with van der Waals surface area (Å²) in [5.74, 6) is 2.84. The van der Waals surface area contributed by atoms with Gasteiger partial charge in [-0.15, -0.1) is 0 Å². The largest absolute Gasteiger partial charge is 0.497 e. The van der Waals surface area contributed by atoms with Crippen molar-refractivity contribution in [2.75, 3.05) is 26.5 Å². The molecule has 0 saturated carbocycles. The lowest BCUT2D eigenvalue weighted by Gasteiger charge is -2.26. The van der Waals surface area contributed by atoms with E-state index in [0.717, 1.165) is 51.4 Å². The number of thioether (sulfide) groups is 1. The topological polar surface area (TPSA) is 39.5 Å². The maximum atomic E-state index is 5.60. The molecule has 0 radical (unpaired) electrons. The second-order valence-electron chi connectivity index (χ2n) is 6.20. The van der Waals surface area contributed by atoms with Gasteiger partial charge in [-0.2, -0.15) is 5.10 Å². The summed E-state index contributed by atoms with van der Waals surface area (Å²) < 4.78 is 14.9. The fourth-order valence-electron chi connectivity index (χ4n) is 3.24. The van der Waals surface area contributed by atoms with Crippen molar-refractivity contribution in [2.45, 2.75) is 43.2 Å². The Morgan fingerprint density at radius 3 is 2.92 bits per heavy atom.